The van der Waals surface area contributed by atoms with E-state index in [-0.39, 0.29) is 29.6 Å². The van der Waals surface area contributed by atoms with Crippen molar-refractivity contribution >= 4 is 18.3 Å². The van der Waals surface area contributed by atoms with Gasteiger partial charge in [-0.1, -0.05) is 30.3 Å². The van der Waals surface area contributed by atoms with Crippen LogP contribution in [0, 0.1) is 5.92 Å². The molecule has 0 atom stereocenters. The highest BCUT2D eigenvalue weighted by Crippen LogP contribution is 2.47. The highest BCUT2D eigenvalue weighted by atomic mass is 35.5. The SMILES string of the molecule is Cl.O=C(NCC1(c2ccccc2)CC1)C1CCNCC1. The summed E-state index contributed by atoms with van der Waals surface area (Å²) in [5.41, 5.74) is 1.60. The summed E-state index contributed by atoms with van der Waals surface area (Å²) in [5.74, 6) is 0.469. The molecule has 2 fully saturated rings. The molecule has 1 heterocycles. The molecule has 4 heteroatoms. The molecule has 1 aliphatic heterocycles. The fourth-order valence-electron chi connectivity index (χ4n) is 2.99. The van der Waals surface area contributed by atoms with E-state index >= 15 is 0 Å². The molecular weight excluding hydrogens is 272 g/mol. The third-order valence-corrected chi connectivity index (χ3v) is 4.55. The van der Waals surface area contributed by atoms with Crippen LogP contribution >= 0.6 is 12.4 Å². The van der Waals surface area contributed by atoms with Crippen molar-refractivity contribution < 1.29 is 4.79 Å². The smallest absolute Gasteiger partial charge is 0.223 e. The first kappa shape index (κ1) is 15.3. The Kier molecular flexibility index (Phi) is 5.06. The number of carbonyl (C=O) groups excluding carboxylic acids is 1. The molecule has 3 nitrogen and oxygen atoms in total. The van der Waals surface area contributed by atoms with E-state index in [0.29, 0.717) is 0 Å². The maximum absolute atomic E-state index is 12.2. The third-order valence-electron chi connectivity index (χ3n) is 4.55. The fourth-order valence-corrected chi connectivity index (χ4v) is 2.99. The van der Waals surface area contributed by atoms with Gasteiger partial charge in [-0.15, -0.1) is 12.4 Å². The zero-order valence-electron chi connectivity index (χ0n) is 11.7. The number of carbonyl (C=O) groups is 1. The van der Waals surface area contributed by atoms with Gasteiger partial charge in [0.05, 0.1) is 0 Å². The Hall–Kier alpha value is -1.06. The van der Waals surface area contributed by atoms with E-state index in [4.69, 9.17) is 0 Å². The lowest BCUT2D eigenvalue weighted by molar-refractivity contribution is -0.125. The van der Waals surface area contributed by atoms with E-state index in [1.54, 1.807) is 0 Å². The number of benzene rings is 1. The molecule has 0 unspecified atom stereocenters. The minimum atomic E-state index is 0. The van der Waals surface area contributed by atoms with E-state index in [1.807, 2.05) is 6.07 Å². The van der Waals surface area contributed by atoms with Gasteiger partial charge in [0.15, 0.2) is 0 Å². The van der Waals surface area contributed by atoms with Crippen molar-refractivity contribution in [2.24, 2.45) is 5.92 Å². The number of hydrogen-bond acceptors (Lipinski definition) is 2. The van der Waals surface area contributed by atoms with Crippen molar-refractivity contribution in [3.8, 4) is 0 Å². The Morgan fingerprint density at radius 3 is 2.45 bits per heavy atom. The van der Waals surface area contributed by atoms with Gasteiger partial charge in [-0.2, -0.15) is 0 Å². The molecule has 0 radical (unpaired) electrons. The molecule has 2 aliphatic rings. The van der Waals surface area contributed by atoms with E-state index in [1.165, 1.54) is 18.4 Å². The van der Waals surface area contributed by atoms with Crippen LogP contribution in [-0.2, 0) is 10.2 Å². The lowest BCUT2D eigenvalue weighted by Crippen LogP contribution is -2.40. The first-order valence-electron chi connectivity index (χ1n) is 7.34. The molecule has 1 amide bonds. The minimum absolute atomic E-state index is 0. The quantitative estimate of drug-likeness (QED) is 0.894. The Balaban J connectivity index is 0.00000147. The van der Waals surface area contributed by atoms with Gasteiger partial charge in [0.25, 0.3) is 0 Å². The summed E-state index contributed by atoms with van der Waals surface area (Å²) in [6.45, 7) is 2.75. The Labute approximate surface area is 126 Å². The second-order valence-electron chi connectivity index (χ2n) is 5.89. The average Bonchev–Trinajstić information content (AvgIpc) is 3.28. The molecule has 1 aromatic carbocycles. The zero-order valence-corrected chi connectivity index (χ0v) is 12.5. The molecule has 0 aromatic heterocycles. The van der Waals surface area contributed by atoms with Gasteiger partial charge >= 0.3 is 0 Å². The number of nitrogens with one attached hydrogen (secondary N) is 2. The molecule has 2 N–H and O–H groups in total. The van der Waals surface area contributed by atoms with Crippen LogP contribution in [0.5, 0.6) is 0 Å². The van der Waals surface area contributed by atoms with Gasteiger partial charge in [-0.3, -0.25) is 4.79 Å². The topological polar surface area (TPSA) is 41.1 Å². The predicted octanol–water partition coefficient (Wildman–Crippen LogP) is 2.26. The van der Waals surface area contributed by atoms with Gasteiger partial charge in [0, 0.05) is 17.9 Å². The number of amides is 1. The maximum atomic E-state index is 12.2. The lowest BCUT2D eigenvalue weighted by Gasteiger charge is -2.23. The minimum Gasteiger partial charge on any atom is -0.355 e. The number of piperidine rings is 1. The summed E-state index contributed by atoms with van der Waals surface area (Å²) in [6.07, 6.45) is 4.35. The largest absolute Gasteiger partial charge is 0.355 e. The molecule has 1 saturated heterocycles. The van der Waals surface area contributed by atoms with Crippen molar-refractivity contribution in [2.75, 3.05) is 19.6 Å². The molecule has 1 aliphatic carbocycles. The average molecular weight is 295 g/mol. The molecule has 110 valence electrons. The van der Waals surface area contributed by atoms with Gasteiger partial charge in [-0.05, 0) is 44.3 Å². The monoisotopic (exact) mass is 294 g/mol. The second-order valence-corrected chi connectivity index (χ2v) is 5.89. The van der Waals surface area contributed by atoms with Crippen LogP contribution in [0.25, 0.3) is 0 Å². The first-order chi connectivity index (χ1) is 9.30. The molecule has 20 heavy (non-hydrogen) atoms. The van der Waals surface area contributed by atoms with Crippen molar-refractivity contribution in [1.82, 2.24) is 10.6 Å². The summed E-state index contributed by atoms with van der Waals surface area (Å²) in [4.78, 5) is 12.2. The zero-order chi connectivity index (χ0) is 13.1. The van der Waals surface area contributed by atoms with Crippen LogP contribution < -0.4 is 10.6 Å². The van der Waals surface area contributed by atoms with Crippen LogP contribution in [0.1, 0.15) is 31.2 Å². The summed E-state index contributed by atoms with van der Waals surface area (Å²) < 4.78 is 0. The third kappa shape index (κ3) is 3.33. The molecule has 0 bridgehead atoms. The molecular formula is C16H23ClN2O. The summed E-state index contributed by atoms with van der Waals surface area (Å²) in [6, 6.07) is 10.6. The number of hydrogen-bond donors (Lipinski definition) is 2. The van der Waals surface area contributed by atoms with Crippen molar-refractivity contribution in [3.05, 3.63) is 35.9 Å². The lowest BCUT2D eigenvalue weighted by atomic mass is 9.94. The van der Waals surface area contributed by atoms with Crippen LogP contribution in [0.4, 0.5) is 0 Å². The van der Waals surface area contributed by atoms with Gasteiger partial charge < -0.3 is 10.6 Å². The molecule has 1 aromatic rings. The van der Waals surface area contributed by atoms with E-state index < -0.39 is 0 Å². The number of rotatable bonds is 4. The summed E-state index contributed by atoms with van der Waals surface area (Å²) in [5, 5.41) is 6.49. The summed E-state index contributed by atoms with van der Waals surface area (Å²) in [7, 11) is 0. The van der Waals surface area contributed by atoms with Crippen LogP contribution in [-0.4, -0.2) is 25.5 Å². The van der Waals surface area contributed by atoms with Gasteiger partial charge in [0.1, 0.15) is 0 Å². The van der Waals surface area contributed by atoms with Crippen LogP contribution in [0.15, 0.2) is 30.3 Å². The van der Waals surface area contributed by atoms with Crippen molar-refractivity contribution in [1.29, 1.82) is 0 Å². The number of halogens is 1. The fraction of sp³-hybridized carbons (Fsp3) is 0.562. The molecule has 3 rings (SSSR count). The highest BCUT2D eigenvalue weighted by molar-refractivity contribution is 5.85. The van der Waals surface area contributed by atoms with E-state index in [0.717, 1.165) is 32.5 Å². The highest BCUT2D eigenvalue weighted by Gasteiger charge is 2.44. The standard InChI is InChI=1S/C16H22N2O.ClH/c19-15(13-6-10-17-11-7-13)18-12-16(8-9-16)14-4-2-1-3-5-14;/h1-5,13,17H,6-12H2,(H,18,19);1H. The maximum Gasteiger partial charge on any atom is 0.223 e. The van der Waals surface area contributed by atoms with E-state index in [9.17, 15) is 4.79 Å². The van der Waals surface area contributed by atoms with Gasteiger partial charge in [-0.25, -0.2) is 0 Å². The van der Waals surface area contributed by atoms with Crippen molar-refractivity contribution in [2.45, 2.75) is 31.1 Å². The Morgan fingerprint density at radius 2 is 1.85 bits per heavy atom. The Morgan fingerprint density at radius 1 is 1.20 bits per heavy atom. The Bertz CT molecular complexity index is 439. The second kappa shape index (κ2) is 6.59. The first-order valence-corrected chi connectivity index (χ1v) is 7.34. The van der Waals surface area contributed by atoms with Crippen molar-refractivity contribution in [3.63, 3.8) is 0 Å². The normalized spacial score (nSPS) is 20.8. The summed E-state index contributed by atoms with van der Waals surface area (Å²) >= 11 is 0. The molecule has 1 saturated carbocycles. The van der Waals surface area contributed by atoms with Crippen LogP contribution in [0.2, 0.25) is 0 Å². The predicted molar refractivity (Wildman–Crippen MR) is 83.2 cm³/mol. The molecule has 0 spiro atoms. The van der Waals surface area contributed by atoms with Crippen LogP contribution in [0.3, 0.4) is 0 Å². The van der Waals surface area contributed by atoms with Gasteiger partial charge in [0.2, 0.25) is 5.91 Å². The van der Waals surface area contributed by atoms with E-state index in [2.05, 4.69) is 34.9 Å².